The molecule has 0 radical (unpaired) electrons. The number of nitrogens with zero attached hydrogens (tertiary/aromatic N) is 1. The van der Waals surface area contributed by atoms with Crippen LogP contribution in [0.4, 0.5) is 4.79 Å². The molecule has 176 valence electrons. The van der Waals surface area contributed by atoms with Crippen LogP contribution < -0.4 is 27.8 Å². The Kier molecular flexibility index (Phi) is 11.6. The van der Waals surface area contributed by atoms with E-state index >= 15 is 0 Å². The van der Waals surface area contributed by atoms with Gasteiger partial charge in [0.15, 0.2) is 5.96 Å². The number of carbonyl (C=O) groups is 4. The van der Waals surface area contributed by atoms with Crippen molar-refractivity contribution < 1.29 is 28.7 Å². The second kappa shape index (κ2) is 14.2. The molecule has 12 heteroatoms. The van der Waals surface area contributed by atoms with Gasteiger partial charge in [0, 0.05) is 13.0 Å². The monoisotopic (exact) mass is 450 g/mol. The summed E-state index contributed by atoms with van der Waals surface area (Å²) in [5, 5.41) is 4.87. The Morgan fingerprint density at radius 1 is 1.00 bits per heavy atom. The molecule has 8 N–H and O–H groups in total. The zero-order chi connectivity index (χ0) is 23.9. The minimum absolute atomic E-state index is 0.0132. The predicted octanol–water partition coefficient (Wildman–Crippen LogP) is -0.742. The van der Waals surface area contributed by atoms with E-state index in [1.165, 1.54) is 7.11 Å². The van der Waals surface area contributed by atoms with E-state index in [0.29, 0.717) is 6.42 Å². The maximum Gasteiger partial charge on any atom is 0.408 e. The minimum atomic E-state index is -1.12. The lowest BCUT2D eigenvalue weighted by atomic mass is 10.1. The Labute approximate surface area is 185 Å². The average Bonchev–Trinajstić information content (AvgIpc) is 2.76. The topological polar surface area (TPSA) is 201 Å². The van der Waals surface area contributed by atoms with Crippen molar-refractivity contribution in [2.45, 2.75) is 44.4 Å². The first-order valence-electron chi connectivity index (χ1n) is 9.92. The first-order chi connectivity index (χ1) is 15.2. The number of esters is 1. The van der Waals surface area contributed by atoms with Crippen molar-refractivity contribution in [2.24, 2.45) is 22.2 Å². The van der Waals surface area contributed by atoms with Gasteiger partial charge in [-0.1, -0.05) is 30.3 Å². The molecule has 1 aromatic carbocycles. The number of benzene rings is 1. The fourth-order valence-corrected chi connectivity index (χ4v) is 2.63. The average molecular weight is 450 g/mol. The van der Waals surface area contributed by atoms with Crippen molar-refractivity contribution >= 4 is 29.8 Å². The van der Waals surface area contributed by atoms with Crippen LogP contribution in [0.3, 0.4) is 0 Å². The summed E-state index contributed by atoms with van der Waals surface area (Å²) in [7, 11) is 1.20. The molecular weight excluding hydrogens is 420 g/mol. The number of guanidine groups is 1. The van der Waals surface area contributed by atoms with E-state index in [4.69, 9.17) is 21.9 Å². The molecule has 12 nitrogen and oxygen atoms in total. The first kappa shape index (κ1) is 26.2. The summed E-state index contributed by atoms with van der Waals surface area (Å²) < 4.78 is 9.73. The summed E-state index contributed by atoms with van der Waals surface area (Å²) in [6.45, 7) is 0.295. The number of methoxy groups -OCH3 is 1. The lowest BCUT2D eigenvalue weighted by molar-refractivity contribution is -0.145. The molecule has 0 aromatic heterocycles. The third kappa shape index (κ3) is 10.8. The van der Waals surface area contributed by atoms with Gasteiger partial charge in [-0.2, -0.15) is 0 Å². The van der Waals surface area contributed by atoms with Crippen LogP contribution in [0.2, 0.25) is 0 Å². The van der Waals surface area contributed by atoms with Crippen LogP contribution in [0.1, 0.15) is 31.2 Å². The number of ether oxygens (including phenoxy) is 2. The number of rotatable bonds is 13. The van der Waals surface area contributed by atoms with Gasteiger partial charge in [-0.15, -0.1) is 0 Å². The molecular formula is C20H30N6O6. The van der Waals surface area contributed by atoms with E-state index in [0.717, 1.165) is 5.56 Å². The summed E-state index contributed by atoms with van der Waals surface area (Å²) in [4.78, 5) is 51.5. The number of alkyl carbamates (subject to hydrolysis) is 1. The molecule has 0 aliphatic carbocycles. The van der Waals surface area contributed by atoms with Crippen LogP contribution in [0.5, 0.6) is 0 Å². The van der Waals surface area contributed by atoms with E-state index in [1.54, 1.807) is 24.3 Å². The number of hydrogen-bond donors (Lipinski definition) is 5. The Morgan fingerprint density at radius 2 is 1.69 bits per heavy atom. The lowest BCUT2D eigenvalue weighted by Crippen LogP contribution is -2.46. The van der Waals surface area contributed by atoms with E-state index in [9.17, 15) is 19.2 Å². The van der Waals surface area contributed by atoms with E-state index in [-0.39, 0.29) is 38.4 Å². The fourth-order valence-electron chi connectivity index (χ4n) is 2.63. The highest BCUT2D eigenvalue weighted by atomic mass is 16.5. The number of nitrogens with two attached hydrogens (primary N) is 3. The van der Waals surface area contributed by atoms with Crippen molar-refractivity contribution in [1.82, 2.24) is 10.6 Å². The molecule has 0 aliphatic rings. The first-order valence-corrected chi connectivity index (χ1v) is 9.92. The molecule has 3 amide bonds. The molecule has 2 atom stereocenters. The highest BCUT2D eigenvalue weighted by molar-refractivity contribution is 5.87. The van der Waals surface area contributed by atoms with Gasteiger partial charge >= 0.3 is 12.1 Å². The molecule has 0 unspecified atom stereocenters. The van der Waals surface area contributed by atoms with Crippen LogP contribution in [-0.4, -0.2) is 55.6 Å². The molecule has 32 heavy (non-hydrogen) atoms. The zero-order valence-corrected chi connectivity index (χ0v) is 17.9. The molecule has 1 rings (SSSR count). The predicted molar refractivity (Wildman–Crippen MR) is 116 cm³/mol. The highest BCUT2D eigenvalue weighted by Gasteiger charge is 2.24. The van der Waals surface area contributed by atoms with Gasteiger partial charge in [-0.3, -0.25) is 14.6 Å². The van der Waals surface area contributed by atoms with Crippen LogP contribution in [0, 0.1) is 0 Å². The van der Waals surface area contributed by atoms with Crippen molar-refractivity contribution in [3.63, 3.8) is 0 Å². The lowest BCUT2D eigenvalue weighted by Gasteiger charge is -2.18. The number of carbonyl (C=O) groups excluding carboxylic acids is 4. The van der Waals surface area contributed by atoms with Crippen LogP contribution in [0.15, 0.2) is 35.3 Å². The number of nitrogens with one attached hydrogen (secondary N) is 2. The molecule has 1 aromatic rings. The summed E-state index contributed by atoms with van der Waals surface area (Å²) >= 11 is 0. The van der Waals surface area contributed by atoms with Gasteiger partial charge in [0.05, 0.1) is 7.11 Å². The maximum atomic E-state index is 12.3. The molecule has 0 heterocycles. The largest absolute Gasteiger partial charge is 0.467 e. The second-order valence-corrected chi connectivity index (χ2v) is 6.79. The molecule has 0 saturated heterocycles. The number of primary amides is 1. The van der Waals surface area contributed by atoms with E-state index < -0.39 is 36.0 Å². The Bertz CT molecular complexity index is 797. The van der Waals surface area contributed by atoms with E-state index in [2.05, 4.69) is 20.4 Å². The molecule has 0 spiro atoms. The van der Waals surface area contributed by atoms with Gasteiger partial charge in [-0.05, 0) is 24.8 Å². The van der Waals surface area contributed by atoms with Crippen LogP contribution in [-0.2, 0) is 30.5 Å². The molecule has 0 fully saturated rings. The van der Waals surface area contributed by atoms with Gasteiger partial charge in [0.25, 0.3) is 0 Å². The standard InChI is InChI=1S/C20H30N6O6/c1-31-18(29)15(8-5-11-24-19(22)23)25-16(27)10-9-14(17(21)28)26-20(30)32-12-13-6-3-2-4-7-13/h2-4,6-7,14-15H,5,8-12H2,1H3,(H2,21,28)(H,25,27)(H,26,30)(H4,22,23,24)/t14-,15-/m0/s1. The molecule has 0 aliphatic heterocycles. The van der Waals surface area contributed by atoms with Crippen molar-refractivity contribution in [3.8, 4) is 0 Å². The van der Waals surface area contributed by atoms with Crippen molar-refractivity contribution in [1.29, 1.82) is 0 Å². The quantitative estimate of drug-likeness (QED) is 0.112. The smallest absolute Gasteiger partial charge is 0.408 e. The fraction of sp³-hybridized carbons (Fsp3) is 0.450. The third-order valence-corrected chi connectivity index (χ3v) is 4.27. The summed E-state index contributed by atoms with van der Waals surface area (Å²) in [5.74, 6) is -2.04. The Hall–Kier alpha value is -3.83. The van der Waals surface area contributed by atoms with Crippen LogP contribution in [0.25, 0.3) is 0 Å². The van der Waals surface area contributed by atoms with Gasteiger partial charge in [-0.25, -0.2) is 9.59 Å². The summed E-state index contributed by atoms with van der Waals surface area (Å²) in [6, 6.07) is 6.94. The minimum Gasteiger partial charge on any atom is -0.467 e. The Balaban J connectivity index is 2.51. The third-order valence-electron chi connectivity index (χ3n) is 4.27. The Morgan fingerprint density at radius 3 is 2.28 bits per heavy atom. The normalized spacial score (nSPS) is 12.0. The zero-order valence-electron chi connectivity index (χ0n) is 17.9. The summed E-state index contributed by atoms with van der Waals surface area (Å²) in [5.41, 5.74) is 16.6. The van der Waals surface area contributed by atoms with Gasteiger partial charge in [0.1, 0.15) is 18.7 Å². The van der Waals surface area contributed by atoms with Crippen molar-refractivity contribution in [2.75, 3.05) is 13.7 Å². The van der Waals surface area contributed by atoms with Gasteiger partial charge < -0.3 is 37.3 Å². The molecule has 0 saturated carbocycles. The van der Waals surface area contributed by atoms with Crippen LogP contribution >= 0.6 is 0 Å². The number of amides is 3. The number of aliphatic imine (C=N–C) groups is 1. The van der Waals surface area contributed by atoms with E-state index in [1.807, 2.05) is 6.07 Å². The van der Waals surface area contributed by atoms with Gasteiger partial charge in [0.2, 0.25) is 11.8 Å². The molecule has 0 bridgehead atoms. The summed E-state index contributed by atoms with van der Waals surface area (Å²) in [6.07, 6.45) is -0.419. The maximum absolute atomic E-state index is 12.3. The van der Waals surface area contributed by atoms with Crippen molar-refractivity contribution in [3.05, 3.63) is 35.9 Å². The number of hydrogen-bond acceptors (Lipinski definition) is 7. The highest BCUT2D eigenvalue weighted by Crippen LogP contribution is 2.05. The second-order valence-electron chi connectivity index (χ2n) is 6.79. The SMILES string of the molecule is COC(=O)[C@H](CCCN=C(N)N)NC(=O)CC[C@H](NC(=O)OCc1ccccc1)C(N)=O.